The fraction of sp³-hybridized carbons (Fsp3) is 0.786. The molecule has 0 amide bonds. The molecule has 0 bridgehead atoms. The molecule has 1 rings (SSSR count). The van der Waals surface area contributed by atoms with Crippen LogP contribution >= 0.6 is 0 Å². The second-order valence-corrected chi connectivity index (χ2v) is 5.93. The highest BCUT2D eigenvalue weighted by Gasteiger charge is 2.31. The van der Waals surface area contributed by atoms with Gasteiger partial charge in [-0.25, -0.2) is 4.79 Å². The highest BCUT2D eigenvalue weighted by atomic mass is 16.5. The summed E-state index contributed by atoms with van der Waals surface area (Å²) in [7, 11) is 1.42. The van der Waals surface area contributed by atoms with E-state index in [9.17, 15) is 4.79 Å². The first kappa shape index (κ1) is 13.3. The Morgan fingerprint density at radius 1 is 1.19 bits per heavy atom. The van der Waals surface area contributed by atoms with E-state index < -0.39 is 0 Å². The van der Waals surface area contributed by atoms with Crippen LogP contribution in [0.2, 0.25) is 0 Å². The van der Waals surface area contributed by atoms with Crippen LogP contribution in [0.5, 0.6) is 0 Å². The van der Waals surface area contributed by atoms with Gasteiger partial charge < -0.3 is 4.74 Å². The Kier molecular flexibility index (Phi) is 4.17. The first-order valence-electron chi connectivity index (χ1n) is 6.13. The standard InChI is InChI=1S/C14H24O2/c1-10(13(15)16-5)11-6-8-12(9-7-11)14(2,3)4/h11-12H,1,6-9H2,2-5H3. The van der Waals surface area contributed by atoms with Crippen molar-refractivity contribution in [3.8, 4) is 0 Å². The molecular weight excluding hydrogens is 200 g/mol. The summed E-state index contributed by atoms with van der Waals surface area (Å²) in [6.45, 7) is 10.8. The van der Waals surface area contributed by atoms with Crippen LogP contribution in [0.3, 0.4) is 0 Å². The van der Waals surface area contributed by atoms with Crippen molar-refractivity contribution in [2.24, 2.45) is 17.3 Å². The van der Waals surface area contributed by atoms with Crippen molar-refractivity contribution in [1.29, 1.82) is 0 Å². The number of carbonyl (C=O) groups is 1. The fourth-order valence-electron chi connectivity index (χ4n) is 2.61. The molecule has 1 fully saturated rings. The molecule has 0 aromatic carbocycles. The molecule has 0 aromatic rings. The zero-order valence-electron chi connectivity index (χ0n) is 11.0. The van der Waals surface area contributed by atoms with E-state index in [2.05, 4.69) is 27.4 Å². The number of carbonyl (C=O) groups excluding carboxylic acids is 1. The molecule has 0 unspecified atom stereocenters. The second kappa shape index (κ2) is 5.03. The predicted octanol–water partition coefficient (Wildman–Crippen LogP) is 3.57. The summed E-state index contributed by atoms with van der Waals surface area (Å²) in [5, 5.41) is 0. The summed E-state index contributed by atoms with van der Waals surface area (Å²) < 4.78 is 4.72. The summed E-state index contributed by atoms with van der Waals surface area (Å²) in [4.78, 5) is 11.4. The van der Waals surface area contributed by atoms with Crippen molar-refractivity contribution in [3.63, 3.8) is 0 Å². The van der Waals surface area contributed by atoms with Crippen LogP contribution in [-0.4, -0.2) is 13.1 Å². The first-order chi connectivity index (χ1) is 7.36. The van der Waals surface area contributed by atoms with Crippen LogP contribution < -0.4 is 0 Å². The Bertz CT molecular complexity index is 265. The lowest BCUT2D eigenvalue weighted by Crippen LogP contribution is -2.27. The molecule has 0 aliphatic heterocycles. The van der Waals surface area contributed by atoms with E-state index in [1.807, 2.05) is 0 Å². The van der Waals surface area contributed by atoms with E-state index in [0.717, 1.165) is 18.8 Å². The van der Waals surface area contributed by atoms with Gasteiger partial charge in [0.2, 0.25) is 0 Å². The third-order valence-corrected chi connectivity index (χ3v) is 3.89. The summed E-state index contributed by atoms with van der Waals surface area (Å²) in [6.07, 6.45) is 4.56. The van der Waals surface area contributed by atoms with Gasteiger partial charge in [-0.1, -0.05) is 27.4 Å². The number of methoxy groups -OCH3 is 1. The number of rotatable bonds is 2. The van der Waals surface area contributed by atoms with Crippen molar-refractivity contribution in [1.82, 2.24) is 0 Å². The highest BCUT2D eigenvalue weighted by Crippen LogP contribution is 2.41. The normalized spacial score (nSPS) is 26.2. The van der Waals surface area contributed by atoms with Gasteiger partial charge in [0, 0.05) is 5.57 Å². The number of ether oxygens (including phenoxy) is 1. The minimum Gasteiger partial charge on any atom is -0.466 e. The van der Waals surface area contributed by atoms with Crippen molar-refractivity contribution >= 4 is 5.97 Å². The Morgan fingerprint density at radius 2 is 1.69 bits per heavy atom. The molecular formula is C14H24O2. The largest absolute Gasteiger partial charge is 0.466 e. The maximum Gasteiger partial charge on any atom is 0.333 e. The number of esters is 1. The van der Waals surface area contributed by atoms with Crippen LogP contribution in [0.25, 0.3) is 0 Å². The monoisotopic (exact) mass is 224 g/mol. The van der Waals surface area contributed by atoms with Gasteiger partial charge in [-0.05, 0) is 42.9 Å². The second-order valence-electron chi connectivity index (χ2n) is 5.93. The van der Waals surface area contributed by atoms with Gasteiger partial charge in [0.15, 0.2) is 0 Å². The van der Waals surface area contributed by atoms with Crippen LogP contribution in [0.4, 0.5) is 0 Å². The third-order valence-electron chi connectivity index (χ3n) is 3.89. The molecule has 2 nitrogen and oxygen atoms in total. The molecule has 0 aromatic heterocycles. The molecule has 0 spiro atoms. The van der Waals surface area contributed by atoms with Crippen molar-refractivity contribution in [3.05, 3.63) is 12.2 Å². The van der Waals surface area contributed by atoms with Crippen LogP contribution in [0.15, 0.2) is 12.2 Å². The van der Waals surface area contributed by atoms with Gasteiger partial charge in [0.1, 0.15) is 0 Å². The lowest BCUT2D eigenvalue weighted by molar-refractivity contribution is -0.136. The van der Waals surface area contributed by atoms with Gasteiger partial charge in [0.25, 0.3) is 0 Å². The maximum atomic E-state index is 11.4. The molecule has 1 aliphatic carbocycles. The molecule has 0 heterocycles. The molecule has 92 valence electrons. The smallest absolute Gasteiger partial charge is 0.333 e. The average molecular weight is 224 g/mol. The highest BCUT2D eigenvalue weighted by molar-refractivity contribution is 5.88. The molecule has 1 aliphatic rings. The molecule has 0 radical (unpaired) electrons. The molecule has 1 saturated carbocycles. The Labute approximate surface area is 99.1 Å². The summed E-state index contributed by atoms with van der Waals surface area (Å²) >= 11 is 0. The van der Waals surface area contributed by atoms with Gasteiger partial charge >= 0.3 is 5.97 Å². The quantitative estimate of drug-likeness (QED) is 0.529. The number of hydrogen-bond acceptors (Lipinski definition) is 2. The van der Waals surface area contributed by atoms with Gasteiger partial charge in [-0.3, -0.25) is 0 Å². The summed E-state index contributed by atoms with van der Waals surface area (Å²) in [6, 6.07) is 0. The maximum absolute atomic E-state index is 11.4. The van der Waals surface area contributed by atoms with Crippen molar-refractivity contribution in [2.45, 2.75) is 46.5 Å². The average Bonchev–Trinajstić information content (AvgIpc) is 2.26. The van der Waals surface area contributed by atoms with Gasteiger partial charge in [-0.2, -0.15) is 0 Å². The van der Waals surface area contributed by atoms with Crippen LogP contribution in [0.1, 0.15) is 46.5 Å². The Morgan fingerprint density at radius 3 is 2.06 bits per heavy atom. The lowest BCUT2D eigenvalue weighted by atomic mass is 9.69. The topological polar surface area (TPSA) is 26.3 Å². The van der Waals surface area contributed by atoms with Gasteiger partial charge in [-0.15, -0.1) is 0 Å². The van der Waals surface area contributed by atoms with Gasteiger partial charge in [0.05, 0.1) is 7.11 Å². The zero-order chi connectivity index (χ0) is 12.3. The van der Waals surface area contributed by atoms with E-state index in [1.165, 1.54) is 20.0 Å². The van der Waals surface area contributed by atoms with Crippen molar-refractivity contribution in [2.75, 3.05) is 7.11 Å². The lowest BCUT2D eigenvalue weighted by Gasteiger charge is -2.37. The third kappa shape index (κ3) is 3.10. The van der Waals surface area contributed by atoms with E-state index in [1.54, 1.807) is 0 Å². The Hall–Kier alpha value is -0.790. The first-order valence-corrected chi connectivity index (χ1v) is 6.13. The molecule has 0 atom stereocenters. The van der Waals surface area contributed by atoms with Crippen molar-refractivity contribution < 1.29 is 9.53 Å². The predicted molar refractivity (Wildman–Crippen MR) is 66.1 cm³/mol. The van der Waals surface area contributed by atoms with E-state index in [0.29, 0.717) is 16.9 Å². The van der Waals surface area contributed by atoms with E-state index in [4.69, 9.17) is 4.74 Å². The summed E-state index contributed by atoms with van der Waals surface area (Å²) in [5.41, 5.74) is 1.05. The van der Waals surface area contributed by atoms with E-state index in [-0.39, 0.29) is 5.97 Å². The van der Waals surface area contributed by atoms with E-state index >= 15 is 0 Å². The van der Waals surface area contributed by atoms with Crippen LogP contribution in [0, 0.1) is 17.3 Å². The van der Waals surface area contributed by atoms with Crippen LogP contribution in [-0.2, 0) is 9.53 Å². The SMILES string of the molecule is C=C(C(=O)OC)C1CCC(C(C)(C)C)CC1. The fourth-order valence-corrected chi connectivity index (χ4v) is 2.61. The molecule has 16 heavy (non-hydrogen) atoms. The minimum atomic E-state index is -0.237. The molecule has 0 saturated heterocycles. The minimum absolute atomic E-state index is 0.237. The summed E-state index contributed by atoms with van der Waals surface area (Å²) in [5.74, 6) is 0.874. The molecule has 0 N–H and O–H groups in total. The molecule has 2 heteroatoms. The zero-order valence-corrected chi connectivity index (χ0v) is 11.0. The number of hydrogen-bond donors (Lipinski definition) is 0. The Balaban J connectivity index is 2.49.